The average molecular weight is 228 g/mol. The summed E-state index contributed by atoms with van der Waals surface area (Å²) < 4.78 is 0. The molecule has 0 aliphatic heterocycles. The van der Waals surface area contributed by atoms with Gasteiger partial charge in [0.2, 0.25) is 0 Å². The normalized spacial score (nSPS) is 10.3. The molecule has 0 aromatic heterocycles. The topological polar surface area (TPSA) is 0 Å². The van der Waals surface area contributed by atoms with Crippen LogP contribution in [0, 0.1) is 0 Å². The van der Waals surface area contributed by atoms with Gasteiger partial charge in [-0.15, -0.1) is 9.24 Å². The SMILES string of the molecule is Pc1ccc(CCCc2ccccc2)cc1. The van der Waals surface area contributed by atoms with Crippen LogP contribution in [0.15, 0.2) is 54.6 Å². The summed E-state index contributed by atoms with van der Waals surface area (Å²) in [6, 6.07) is 19.4. The molecule has 16 heavy (non-hydrogen) atoms. The number of hydrogen-bond acceptors (Lipinski definition) is 0. The van der Waals surface area contributed by atoms with E-state index in [1.54, 1.807) is 0 Å². The molecule has 0 heterocycles. The Kier molecular flexibility index (Phi) is 4.13. The van der Waals surface area contributed by atoms with Crippen molar-refractivity contribution in [3.63, 3.8) is 0 Å². The summed E-state index contributed by atoms with van der Waals surface area (Å²) in [6.07, 6.45) is 3.56. The lowest BCUT2D eigenvalue weighted by atomic mass is 10.0. The Hall–Kier alpha value is -1.13. The summed E-state index contributed by atoms with van der Waals surface area (Å²) in [7, 11) is 2.72. The highest BCUT2D eigenvalue weighted by atomic mass is 31.0. The maximum absolute atomic E-state index is 2.72. The zero-order valence-electron chi connectivity index (χ0n) is 9.39. The summed E-state index contributed by atoms with van der Waals surface area (Å²) in [6.45, 7) is 0. The first-order valence-corrected chi connectivity index (χ1v) is 6.31. The molecule has 0 N–H and O–H groups in total. The van der Waals surface area contributed by atoms with E-state index in [1.165, 1.54) is 35.7 Å². The summed E-state index contributed by atoms with van der Waals surface area (Å²) in [4.78, 5) is 0. The van der Waals surface area contributed by atoms with Gasteiger partial charge < -0.3 is 0 Å². The zero-order chi connectivity index (χ0) is 11.2. The minimum Gasteiger partial charge on any atom is -0.106 e. The van der Waals surface area contributed by atoms with Gasteiger partial charge in [-0.1, -0.05) is 54.6 Å². The quantitative estimate of drug-likeness (QED) is 0.704. The molecule has 0 nitrogen and oxygen atoms in total. The van der Waals surface area contributed by atoms with E-state index in [0.717, 1.165) is 0 Å². The molecule has 2 aromatic rings. The zero-order valence-corrected chi connectivity index (χ0v) is 10.5. The first kappa shape index (κ1) is 11.4. The fraction of sp³-hybridized carbons (Fsp3) is 0.200. The molecule has 0 saturated heterocycles. The first-order valence-electron chi connectivity index (χ1n) is 5.73. The van der Waals surface area contributed by atoms with Gasteiger partial charge in [-0.25, -0.2) is 0 Å². The van der Waals surface area contributed by atoms with Crippen LogP contribution >= 0.6 is 9.24 Å². The molecule has 0 bridgehead atoms. The van der Waals surface area contributed by atoms with Crippen molar-refractivity contribution in [3.8, 4) is 0 Å². The molecule has 0 radical (unpaired) electrons. The standard InChI is InChI=1S/C15H17P/c16-15-11-9-14(10-12-15)8-4-7-13-5-2-1-3-6-13/h1-3,5-6,9-12H,4,7-8,16H2. The van der Waals surface area contributed by atoms with Crippen LogP contribution in [0.5, 0.6) is 0 Å². The first-order chi connectivity index (χ1) is 7.84. The fourth-order valence-corrected chi connectivity index (χ4v) is 2.02. The third kappa shape index (κ3) is 3.47. The third-order valence-electron chi connectivity index (χ3n) is 2.75. The Balaban J connectivity index is 1.82. The van der Waals surface area contributed by atoms with Crippen molar-refractivity contribution in [1.82, 2.24) is 0 Å². The summed E-state index contributed by atoms with van der Waals surface area (Å²) >= 11 is 0. The van der Waals surface area contributed by atoms with Gasteiger partial charge in [-0.05, 0) is 35.7 Å². The Morgan fingerprint density at radius 1 is 0.688 bits per heavy atom. The molecule has 0 aliphatic carbocycles. The lowest BCUT2D eigenvalue weighted by Gasteiger charge is -2.02. The molecule has 0 amide bonds. The molecule has 82 valence electrons. The highest BCUT2D eigenvalue weighted by Gasteiger charge is 1.94. The van der Waals surface area contributed by atoms with Crippen LogP contribution in [0.1, 0.15) is 17.5 Å². The summed E-state index contributed by atoms with van der Waals surface area (Å²) in [5.74, 6) is 0. The van der Waals surface area contributed by atoms with Gasteiger partial charge in [0.05, 0.1) is 0 Å². The van der Waals surface area contributed by atoms with E-state index < -0.39 is 0 Å². The highest BCUT2D eigenvalue weighted by Crippen LogP contribution is 2.07. The van der Waals surface area contributed by atoms with Gasteiger partial charge in [-0.2, -0.15) is 0 Å². The van der Waals surface area contributed by atoms with Crippen LogP contribution in [0.4, 0.5) is 0 Å². The highest BCUT2D eigenvalue weighted by molar-refractivity contribution is 7.27. The number of rotatable bonds is 4. The third-order valence-corrected chi connectivity index (χ3v) is 3.14. The van der Waals surface area contributed by atoms with Crippen molar-refractivity contribution in [1.29, 1.82) is 0 Å². The molecule has 1 unspecified atom stereocenters. The van der Waals surface area contributed by atoms with Gasteiger partial charge in [0.1, 0.15) is 0 Å². The van der Waals surface area contributed by atoms with Crippen LogP contribution in [0.2, 0.25) is 0 Å². The molecule has 0 spiro atoms. The van der Waals surface area contributed by atoms with Crippen LogP contribution in [0.25, 0.3) is 0 Å². The number of aryl methyl sites for hydroxylation is 2. The molecule has 2 rings (SSSR count). The predicted molar refractivity (Wildman–Crippen MR) is 74.3 cm³/mol. The van der Waals surface area contributed by atoms with Gasteiger partial charge in [0.15, 0.2) is 0 Å². The Labute approximate surface area is 99.9 Å². The van der Waals surface area contributed by atoms with Crippen LogP contribution in [-0.4, -0.2) is 0 Å². The number of hydrogen-bond donors (Lipinski definition) is 0. The Bertz CT molecular complexity index is 417. The Morgan fingerprint density at radius 3 is 1.88 bits per heavy atom. The maximum atomic E-state index is 2.72. The van der Waals surface area contributed by atoms with Crippen molar-refractivity contribution in [3.05, 3.63) is 65.7 Å². The lowest BCUT2D eigenvalue weighted by Crippen LogP contribution is -1.93. The van der Waals surface area contributed by atoms with E-state index in [9.17, 15) is 0 Å². The van der Waals surface area contributed by atoms with E-state index in [1.807, 2.05) is 0 Å². The van der Waals surface area contributed by atoms with E-state index in [-0.39, 0.29) is 0 Å². The molecule has 0 saturated carbocycles. The van der Waals surface area contributed by atoms with E-state index in [4.69, 9.17) is 0 Å². The minimum absolute atomic E-state index is 1.17. The van der Waals surface area contributed by atoms with Crippen molar-refractivity contribution in [2.24, 2.45) is 0 Å². The van der Waals surface area contributed by atoms with Crippen LogP contribution < -0.4 is 5.30 Å². The summed E-state index contributed by atoms with van der Waals surface area (Å²) in [5.41, 5.74) is 2.87. The maximum Gasteiger partial charge on any atom is -0.0276 e. The predicted octanol–water partition coefficient (Wildman–Crippen LogP) is 3.36. The molecule has 0 fully saturated rings. The monoisotopic (exact) mass is 228 g/mol. The van der Waals surface area contributed by atoms with Gasteiger partial charge >= 0.3 is 0 Å². The van der Waals surface area contributed by atoms with Crippen molar-refractivity contribution in [2.45, 2.75) is 19.3 Å². The molecule has 1 heteroatoms. The van der Waals surface area contributed by atoms with E-state index >= 15 is 0 Å². The van der Waals surface area contributed by atoms with Crippen molar-refractivity contribution in [2.75, 3.05) is 0 Å². The van der Waals surface area contributed by atoms with E-state index in [2.05, 4.69) is 63.8 Å². The minimum atomic E-state index is 1.17. The van der Waals surface area contributed by atoms with Crippen molar-refractivity contribution >= 4 is 14.5 Å². The molecule has 2 aromatic carbocycles. The Morgan fingerprint density at radius 2 is 1.25 bits per heavy atom. The van der Waals surface area contributed by atoms with Crippen LogP contribution in [0.3, 0.4) is 0 Å². The van der Waals surface area contributed by atoms with E-state index in [0.29, 0.717) is 0 Å². The molecule has 0 aliphatic rings. The molecular weight excluding hydrogens is 211 g/mol. The molecule has 1 atom stereocenters. The second-order valence-electron chi connectivity index (χ2n) is 4.08. The van der Waals surface area contributed by atoms with Gasteiger partial charge in [-0.3, -0.25) is 0 Å². The average Bonchev–Trinajstić information content (AvgIpc) is 2.33. The molecular formula is C15H17P. The van der Waals surface area contributed by atoms with Crippen LogP contribution in [-0.2, 0) is 12.8 Å². The number of benzene rings is 2. The largest absolute Gasteiger partial charge is 0.106 e. The lowest BCUT2D eigenvalue weighted by molar-refractivity contribution is 0.821. The van der Waals surface area contributed by atoms with Gasteiger partial charge in [0, 0.05) is 0 Å². The second-order valence-corrected chi connectivity index (χ2v) is 4.75. The second kappa shape index (κ2) is 5.82. The fourth-order valence-electron chi connectivity index (χ4n) is 1.83. The van der Waals surface area contributed by atoms with Crippen molar-refractivity contribution < 1.29 is 0 Å². The van der Waals surface area contributed by atoms with Gasteiger partial charge in [0.25, 0.3) is 0 Å². The smallest absolute Gasteiger partial charge is 0.0276 e. The summed E-state index contributed by atoms with van der Waals surface area (Å²) in [5, 5.41) is 1.26.